The summed E-state index contributed by atoms with van der Waals surface area (Å²) < 4.78 is 13.2. The number of hydrogen-bond acceptors (Lipinski definition) is 3. The van der Waals surface area contributed by atoms with Crippen LogP contribution in [-0.4, -0.2) is 23.9 Å². The highest BCUT2D eigenvalue weighted by Crippen LogP contribution is 2.28. The van der Waals surface area contributed by atoms with E-state index in [-0.39, 0.29) is 0 Å². The van der Waals surface area contributed by atoms with Gasteiger partial charge in [0.1, 0.15) is 24.7 Å². The Hall–Kier alpha value is -3.53. The maximum absolute atomic E-state index is 11.6. The molecular formula is C23H19NO3. The van der Waals surface area contributed by atoms with Gasteiger partial charge in [0.25, 0.3) is 0 Å². The molecule has 2 aromatic carbocycles. The van der Waals surface area contributed by atoms with E-state index in [1.807, 2.05) is 89.5 Å². The van der Waals surface area contributed by atoms with E-state index in [2.05, 4.69) is 0 Å². The fourth-order valence-corrected chi connectivity index (χ4v) is 3.06. The minimum absolute atomic E-state index is 0.462. The van der Waals surface area contributed by atoms with Crippen molar-refractivity contribution >= 4 is 11.8 Å². The number of carbonyl (C=O) groups excluding carboxylic acids is 1. The number of benzene rings is 2. The molecule has 0 saturated carbocycles. The second kappa shape index (κ2) is 7.79. The molecule has 4 rings (SSSR count). The maximum atomic E-state index is 11.6. The Morgan fingerprint density at radius 3 is 2.15 bits per heavy atom. The molecule has 0 N–H and O–H groups in total. The van der Waals surface area contributed by atoms with Gasteiger partial charge in [-0.15, -0.1) is 0 Å². The molecule has 134 valence electrons. The van der Waals surface area contributed by atoms with Crippen LogP contribution >= 0.6 is 0 Å². The Morgan fingerprint density at radius 2 is 1.44 bits per heavy atom. The minimum Gasteiger partial charge on any atom is -0.490 e. The SMILES string of the molecule is O=Cc1c(-c2ccc(OCCOc3ccccc3)cc2)cc2ccccn12. The lowest BCUT2D eigenvalue weighted by molar-refractivity contribution is 0.111. The van der Waals surface area contributed by atoms with E-state index < -0.39 is 0 Å². The number of nitrogens with zero attached hydrogens (tertiary/aromatic N) is 1. The first-order valence-corrected chi connectivity index (χ1v) is 8.81. The predicted molar refractivity (Wildman–Crippen MR) is 106 cm³/mol. The van der Waals surface area contributed by atoms with Crippen LogP contribution in [0.1, 0.15) is 10.5 Å². The zero-order valence-electron chi connectivity index (χ0n) is 14.7. The minimum atomic E-state index is 0.462. The van der Waals surface area contributed by atoms with Crippen LogP contribution < -0.4 is 9.47 Å². The lowest BCUT2D eigenvalue weighted by Crippen LogP contribution is -2.08. The van der Waals surface area contributed by atoms with Crippen molar-refractivity contribution in [2.45, 2.75) is 0 Å². The molecule has 27 heavy (non-hydrogen) atoms. The smallest absolute Gasteiger partial charge is 0.167 e. The number of aromatic nitrogens is 1. The Labute approximate surface area is 157 Å². The molecule has 0 bridgehead atoms. The van der Waals surface area contributed by atoms with Crippen molar-refractivity contribution in [3.8, 4) is 22.6 Å². The highest BCUT2D eigenvalue weighted by atomic mass is 16.5. The lowest BCUT2D eigenvalue weighted by Gasteiger charge is -2.09. The summed E-state index contributed by atoms with van der Waals surface area (Å²) in [6.07, 6.45) is 2.79. The number of aldehydes is 1. The Balaban J connectivity index is 1.42. The second-order valence-corrected chi connectivity index (χ2v) is 6.09. The number of carbonyl (C=O) groups is 1. The molecule has 4 aromatic rings. The van der Waals surface area contributed by atoms with E-state index in [1.54, 1.807) is 0 Å². The van der Waals surface area contributed by atoms with E-state index >= 15 is 0 Å². The van der Waals surface area contributed by atoms with Crippen LogP contribution in [0.4, 0.5) is 0 Å². The Bertz CT molecular complexity index is 1040. The quantitative estimate of drug-likeness (QED) is 0.350. The van der Waals surface area contributed by atoms with Gasteiger partial charge in [0.15, 0.2) is 6.29 Å². The highest BCUT2D eigenvalue weighted by molar-refractivity contribution is 5.89. The number of ether oxygens (including phenoxy) is 2. The third-order valence-electron chi connectivity index (χ3n) is 4.36. The van der Waals surface area contributed by atoms with Crippen molar-refractivity contribution in [2.75, 3.05) is 13.2 Å². The molecule has 2 heterocycles. The summed E-state index contributed by atoms with van der Waals surface area (Å²) in [5.74, 6) is 1.60. The molecule has 0 spiro atoms. The predicted octanol–water partition coefficient (Wildman–Crippen LogP) is 4.88. The van der Waals surface area contributed by atoms with Gasteiger partial charge >= 0.3 is 0 Å². The van der Waals surface area contributed by atoms with Gasteiger partial charge in [-0.25, -0.2) is 0 Å². The first-order valence-electron chi connectivity index (χ1n) is 8.81. The second-order valence-electron chi connectivity index (χ2n) is 6.09. The summed E-state index contributed by atoms with van der Waals surface area (Å²) in [6, 6.07) is 25.3. The molecule has 0 radical (unpaired) electrons. The third kappa shape index (κ3) is 3.70. The van der Waals surface area contributed by atoms with Gasteiger partial charge in [-0.3, -0.25) is 4.79 Å². The zero-order valence-corrected chi connectivity index (χ0v) is 14.7. The fourth-order valence-electron chi connectivity index (χ4n) is 3.06. The summed E-state index contributed by atoms with van der Waals surface area (Å²) in [7, 11) is 0. The average Bonchev–Trinajstić information content (AvgIpc) is 3.11. The van der Waals surface area contributed by atoms with E-state index in [0.717, 1.165) is 34.4 Å². The lowest BCUT2D eigenvalue weighted by atomic mass is 10.1. The molecular weight excluding hydrogens is 338 g/mol. The molecule has 0 saturated heterocycles. The number of pyridine rings is 1. The van der Waals surface area contributed by atoms with Crippen LogP contribution in [0.25, 0.3) is 16.6 Å². The van der Waals surface area contributed by atoms with Crippen LogP contribution in [-0.2, 0) is 0 Å². The van der Waals surface area contributed by atoms with Gasteiger partial charge in [0.2, 0.25) is 0 Å². The summed E-state index contributed by atoms with van der Waals surface area (Å²) in [5, 5.41) is 0. The average molecular weight is 357 g/mol. The zero-order chi connectivity index (χ0) is 18.5. The number of rotatable bonds is 7. The van der Waals surface area contributed by atoms with Crippen LogP contribution in [0.5, 0.6) is 11.5 Å². The molecule has 4 nitrogen and oxygen atoms in total. The van der Waals surface area contributed by atoms with Gasteiger partial charge in [-0.05, 0) is 48.0 Å². The van der Waals surface area contributed by atoms with E-state index in [0.29, 0.717) is 18.9 Å². The fraction of sp³-hybridized carbons (Fsp3) is 0.0870. The Morgan fingerprint density at radius 1 is 0.778 bits per heavy atom. The van der Waals surface area contributed by atoms with Gasteiger partial charge < -0.3 is 13.9 Å². The highest BCUT2D eigenvalue weighted by Gasteiger charge is 2.11. The van der Waals surface area contributed by atoms with Gasteiger partial charge in [-0.1, -0.05) is 36.4 Å². The first-order chi connectivity index (χ1) is 13.3. The van der Waals surface area contributed by atoms with E-state index in [9.17, 15) is 4.79 Å². The topological polar surface area (TPSA) is 39.9 Å². The molecule has 0 aliphatic rings. The monoisotopic (exact) mass is 357 g/mol. The van der Waals surface area contributed by atoms with Crippen molar-refractivity contribution in [3.63, 3.8) is 0 Å². The van der Waals surface area contributed by atoms with Gasteiger partial charge in [-0.2, -0.15) is 0 Å². The van der Waals surface area contributed by atoms with Crippen LogP contribution in [0, 0.1) is 0 Å². The van der Waals surface area contributed by atoms with E-state index in [1.165, 1.54) is 0 Å². The van der Waals surface area contributed by atoms with Gasteiger partial charge in [0.05, 0.1) is 5.69 Å². The molecule has 0 aliphatic carbocycles. The summed E-state index contributed by atoms with van der Waals surface area (Å²) >= 11 is 0. The molecule has 0 amide bonds. The molecule has 0 aliphatic heterocycles. The standard InChI is InChI=1S/C23H19NO3/c25-17-23-22(16-19-6-4-5-13-24(19)23)18-9-11-21(12-10-18)27-15-14-26-20-7-2-1-3-8-20/h1-13,16-17H,14-15H2. The van der Waals surface area contributed by atoms with Crippen LogP contribution in [0.2, 0.25) is 0 Å². The van der Waals surface area contributed by atoms with Crippen molar-refractivity contribution in [1.82, 2.24) is 4.40 Å². The van der Waals surface area contributed by atoms with Crippen molar-refractivity contribution < 1.29 is 14.3 Å². The summed E-state index contributed by atoms with van der Waals surface area (Å²) in [4.78, 5) is 11.6. The van der Waals surface area contributed by atoms with Crippen LogP contribution in [0.15, 0.2) is 85.1 Å². The summed E-state index contributed by atoms with van der Waals surface area (Å²) in [6.45, 7) is 0.940. The van der Waals surface area contributed by atoms with Crippen molar-refractivity contribution in [2.24, 2.45) is 0 Å². The third-order valence-corrected chi connectivity index (χ3v) is 4.36. The normalized spacial score (nSPS) is 10.7. The van der Waals surface area contributed by atoms with Crippen LogP contribution in [0.3, 0.4) is 0 Å². The molecule has 4 heteroatoms. The number of fused-ring (bicyclic) bond motifs is 1. The first kappa shape index (κ1) is 16.9. The number of hydrogen-bond donors (Lipinski definition) is 0. The molecule has 0 atom stereocenters. The molecule has 2 aromatic heterocycles. The van der Waals surface area contributed by atoms with Gasteiger partial charge in [0, 0.05) is 17.3 Å². The summed E-state index contributed by atoms with van der Waals surface area (Å²) in [5.41, 5.74) is 3.53. The number of para-hydroxylation sites is 1. The Kier molecular flexibility index (Phi) is 4.88. The van der Waals surface area contributed by atoms with Crippen molar-refractivity contribution in [3.05, 3.63) is 90.8 Å². The largest absolute Gasteiger partial charge is 0.490 e. The van der Waals surface area contributed by atoms with Crippen molar-refractivity contribution in [1.29, 1.82) is 0 Å². The van der Waals surface area contributed by atoms with E-state index in [4.69, 9.17) is 9.47 Å². The molecule has 0 unspecified atom stereocenters. The maximum Gasteiger partial charge on any atom is 0.167 e. The molecule has 0 fully saturated rings.